The van der Waals surface area contributed by atoms with E-state index >= 15 is 0 Å². The van der Waals surface area contributed by atoms with Crippen molar-refractivity contribution in [2.75, 3.05) is 31.3 Å². The molecule has 0 aliphatic carbocycles. The summed E-state index contributed by atoms with van der Waals surface area (Å²) in [5.74, 6) is -0.0820. The number of phosphoric ester groups is 1. The Labute approximate surface area is 245 Å². The molecule has 4 aromatic heterocycles. The van der Waals surface area contributed by atoms with Crippen molar-refractivity contribution in [2.24, 2.45) is 0 Å². The average Bonchev–Trinajstić information content (AvgIpc) is 3.72. The van der Waals surface area contributed by atoms with E-state index in [-0.39, 0.29) is 40.5 Å². The van der Waals surface area contributed by atoms with Gasteiger partial charge in [0.05, 0.1) is 32.0 Å². The lowest BCUT2D eigenvalue weighted by Crippen LogP contribution is -2.36. The monoisotopic (exact) mass is 656 g/mol. The number of phosphoric acid groups is 1. The van der Waals surface area contributed by atoms with E-state index in [2.05, 4.69) is 29.9 Å². The summed E-state index contributed by atoms with van der Waals surface area (Å²) in [5.41, 5.74) is 11.5. The van der Waals surface area contributed by atoms with Gasteiger partial charge in [0.15, 0.2) is 35.1 Å². The van der Waals surface area contributed by atoms with Crippen molar-refractivity contribution >= 4 is 49.5 Å². The van der Waals surface area contributed by atoms with E-state index in [0.29, 0.717) is 0 Å². The Morgan fingerprint density at radius 1 is 0.955 bits per heavy atom. The number of aromatic amines is 1. The highest BCUT2D eigenvalue weighted by atomic mass is 31.2. The average molecular weight is 656 g/mol. The number of nitrogens with zero attached hydrogens (tertiary/aromatic N) is 7. The molecule has 4 aromatic rings. The molecule has 0 aromatic carbocycles. The molecule has 0 saturated carbocycles. The van der Waals surface area contributed by atoms with Crippen molar-refractivity contribution in [3.63, 3.8) is 0 Å². The van der Waals surface area contributed by atoms with Crippen molar-refractivity contribution in [1.82, 2.24) is 39.0 Å². The summed E-state index contributed by atoms with van der Waals surface area (Å²) < 4.78 is 63.6. The Morgan fingerprint density at radius 3 is 2.50 bits per heavy atom. The molecule has 23 heteroatoms. The van der Waals surface area contributed by atoms with Crippen LogP contribution >= 0.6 is 15.4 Å². The van der Waals surface area contributed by atoms with Gasteiger partial charge in [-0.3, -0.25) is 32.5 Å². The zero-order valence-corrected chi connectivity index (χ0v) is 24.4. The fraction of sp³-hybridized carbons (Fsp3) is 0.524. The second-order valence-corrected chi connectivity index (χ2v) is 13.8. The summed E-state index contributed by atoms with van der Waals surface area (Å²) in [5, 5.41) is 11.2. The number of aliphatic hydroxyl groups excluding tert-OH is 1. The van der Waals surface area contributed by atoms with Crippen LogP contribution < -0.4 is 17.0 Å². The molecule has 9 atom stereocenters. The fourth-order valence-electron chi connectivity index (χ4n) is 5.41. The number of aromatic nitrogens is 8. The number of nitrogens with one attached hydrogen (secondary N) is 1. The molecule has 7 N–H and O–H groups in total. The summed E-state index contributed by atoms with van der Waals surface area (Å²) in [6.45, 7) is 0.250. The van der Waals surface area contributed by atoms with Crippen LogP contribution in [0.4, 0.5) is 11.8 Å². The molecule has 0 spiro atoms. The van der Waals surface area contributed by atoms with Crippen LogP contribution in [-0.2, 0) is 36.7 Å². The van der Waals surface area contributed by atoms with Crippen molar-refractivity contribution in [3.05, 3.63) is 29.3 Å². The molecule has 3 aliphatic heterocycles. The SMILES string of the molecule is CP1(=O)OC[C@H]2O[C@@H](n3cnc4c(N)ncnc43)[C@@H](O)C2OP(=O)(O)OC[C@@H]2C[C@H](O1)[C@H](n1cnc3c(=O)[nH]c(N)nc31)O2. The minimum atomic E-state index is -4.86. The molecular weight excluding hydrogens is 630 g/mol. The van der Waals surface area contributed by atoms with Crippen LogP contribution in [0.25, 0.3) is 22.3 Å². The lowest BCUT2D eigenvalue weighted by Gasteiger charge is -2.26. The normalized spacial score (nSPS) is 36.6. The van der Waals surface area contributed by atoms with Crippen LogP contribution in [0.1, 0.15) is 18.9 Å². The van der Waals surface area contributed by atoms with E-state index < -0.39 is 77.2 Å². The Bertz CT molecular complexity index is 1900. The number of nitrogen functional groups attached to an aromatic ring is 2. The highest BCUT2D eigenvalue weighted by Gasteiger charge is 2.51. The van der Waals surface area contributed by atoms with Gasteiger partial charge in [0.1, 0.15) is 36.3 Å². The summed E-state index contributed by atoms with van der Waals surface area (Å²) in [4.78, 5) is 45.6. The minimum Gasteiger partial charge on any atom is -0.386 e. The summed E-state index contributed by atoms with van der Waals surface area (Å²) in [7, 11) is -8.78. The second kappa shape index (κ2) is 10.6. The van der Waals surface area contributed by atoms with Gasteiger partial charge in [0, 0.05) is 13.1 Å². The lowest BCUT2D eigenvalue weighted by atomic mass is 10.1. The van der Waals surface area contributed by atoms with Crippen LogP contribution in [0.2, 0.25) is 0 Å². The molecule has 21 nitrogen and oxygen atoms in total. The van der Waals surface area contributed by atoms with Crippen molar-refractivity contribution in [3.8, 4) is 0 Å². The highest BCUT2D eigenvalue weighted by Crippen LogP contribution is 2.53. The van der Waals surface area contributed by atoms with Crippen molar-refractivity contribution in [2.45, 2.75) is 49.4 Å². The lowest BCUT2D eigenvalue weighted by molar-refractivity contribution is -0.0619. The number of fused-ring (bicyclic) bond motifs is 5. The molecule has 236 valence electrons. The molecule has 3 fully saturated rings. The zero-order valence-electron chi connectivity index (χ0n) is 22.6. The first kappa shape index (κ1) is 29.4. The molecule has 44 heavy (non-hydrogen) atoms. The maximum Gasteiger partial charge on any atom is 0.472 e. The molecule has 0 radical (unpaired) electrons. The van der Waals surface area contributed by atoms with E-state index in [0.717, 1.165) is 0 Å². The Balaban J connectivity index is 1.19. The largest absolute Gasteiger partial charge is 0.472 e. The van der Waals surface area contributed by atoms with Gasteiger partial charge < -0.3 is 40.0 Å². The third-order valence-corrected chi connectivity index (χ3v) is 9.58. The number of ether oxygens (including phenoxy) is 2. The van der Waals surface area contributed by atoms with Gasteiger partial charge in [-0.15, -0.1) is 0 Å². The van der Waals surface area contributed by atoms with Gasteiger partial charge in [-0.1, -0.05) is 0 Å². The number of imidazole rings is 2. The molecule has 3 saturated heterocycles. The molecule has 3 unspecified atom stereocenters. The topological polar surface area (TPSA) is 289 Å². The summed E-state index contributed by atoms with van der Waals surface area (Å²) in [6, 6.07) is 0. The van der Waals surface area contributed by atoms with E-state index in [1.165, 1.54) is 34.8 Å². The molecular formula is C21H26N10O11P2. The molecule has 7 rings (SSSR count). The van der Waals surface area contributed by atoms with Crippen molar-refractivity contribution < 1.29 is 46.7 Å². The standard InChI is InChI=1S/C21H26N10O11P2/c1-43(34)37-4-10-14(13(32)20(40-10)30-6-26-11-15(22)24-5-25-16(11)30)42-44(35,36)38-3-8-2-9(41-43)19(39-8)31-7-27-12-17(31)28-21(23)29-18(12)33/h5-10,13-14,19-20,32H,2-4H2,1H3,(H,35,36)(H2,22,24,25)(H3,23,28,29,33)/t8-,9-,10+,13-,14?,19+,20+,43?/m0/s1. The van der Waals surface area contributed by atoms with Gasteiger partial charge >= 0.3 is 15.4 Å². The molecule has 2 bridgehead atoms. The molecule has 0 amide bonds. The summed E-state index contributed by atoms with van der Waals surface area (Å²) >= 11 is 0. The number of aliphatic hydroxyl groups is 1. The molecule has 7 heterocycles. The maximum atomic E-state index is 13.6. The van der Waals surface area contributed by atoms with Crippen molar-refractivity contribution in [1.29, 1.82) is 0 Å². The van der Waals surface area contributed by atoms with Gasteiger partial charge in [-0.2, -0.15) is 4.98 Å². The number of hydrogen-bond donors (Lipinski definition) is 5. The predicted molar refractivity (Wildman–Crippen MR) is 146 cm³/mol. The third kappa shape index (κ3) is 5.20. The van der Waals surface area contributed by atoms with E-state index in [4.69, 9.17) is 39.0 Å². The van der Waals surface area contributed by atoms with E-state index in [1.807, 2.05) is 0 Å². The van der Waals surface area contributed by atoms with Crippen LogP contribution in [0.3, 0.4) is 0 Å². The number of H-pyrrole nitrogens is 1. The van der Waals surface area contributed by atoms with Crippen LogP contribution in [0.15, 0.2) is 23.8 Å². The van der Waals surface area contributed by atoms with Crippen LogP contribution in [0.5, 0.6) is 0 Å². The van der Waals surface area contributed by atoms with Gasteiger partial charge in [-0.25, -0.2) is 24.5 Å². The number of rotatable bonds is 2. The van der Waals surface area contributed by atoms with E-state index in [9.17, 15) is 23.9 Å². The Hall–Kier alpha value is -3.36. The van der Waals surface area contributed by atoms with E-state index in [1.54, 1.807) is 0 Å². The van der Waals surface area contributed by atoms with Crippen LogP contribution in [-0.4, -0.2) is 99.4 Å². The fourth-order valence-corrected chi connectivity index (χ4v) is 7.55. The number of anilines is 2. The first-order valence-electron chi connectivity index (χ1n) is 13.1. The zero-order chi connectivity index (χ0) is 31.0. The summed E-state index contributed by atoms with van der Waals surface area (Å²) in [6.07, 6.45) is -4.68. The Kier molecular flexibility index (Phi) is 7.09. The Morgan fingerprint density at radius 2 is 1.70 bits per heavy atom. The minimum absolute atomic E-state index is 0.0248. The predicted octanol–water partition coefficient (Wildman–Crippen LogP) is -0.590. The number of hydrogen-bond acceptors (Lipinski definition) is 17. The first-order chi connectivity index (χ1) is 20.9. The maximum absolute atomic E-state index is 13.6. The van der Waals surface area contributed by atoms with Gasteiger partial charge in [0.2, 0.25) is 5.95 Å². The van der Waals surface area contributed by atoms with Gasteiger partial charge in [-0.05, 0) is 0 Å². The third-order valence-electron chi connectivity index (χ3n) is 7.32. The second-order valence-electron chi connectivity index (χ2n) is 10.3. The van der Waals surface area contributed by atoms with Gasteiger partial charge in [0.25, 0.3) is 5.56 Å². The highest BCUT2D eigenvalue weighted by molar-refractivity contribution is 7.53. The van der Waals surface area contributed by atoms with Crippen LogP contribution in [0, 0.1) is 0 Å². The number of nitrogens with two attached hydrogens (primary N) is 2. The first-order valence-corrected chi connectivity index (χ1v) is 16.6. The smallest absolute Gasteiger partial charge is 0.386 e. The quantitative estimate of drug-likeness (QED) is 0.168. The molecule has 3 aliphatic rings.